The Morgan fingerprint density at radius 1 is 1.26 bits per heavy atom. The molecule has 1 unspecified atom stereocenters. The Labute approximate surface area is 177 Å². The first-order valence-corrected chi connectivity index (χ1v) is 10.7. The monoisotopic (exact) mass is 467 g/mol. The molecule has 1 aromatic carbocycles. The second-order valence-corrected chi connectivity index (χ2v) is 9.37. The molecule has 3 nitrogen and oxygen atoms in total. The van der Waals surface area contributed by atoms with E-state index in [4.69, 9.17) is 27.9 Å². The van der Waals surface area contributed by atoms with Crippen molar-refractivity contribution in [1.82, 2.24) is 4.98 Å². The number of fused-ring (bicyclic) bond motifs is 1. The van der Waals surface area contributed by atoms with Crippen LogP contribution in [0.5, 0.6) is 5.75 Å². The average Bonchev–Trinajstić information content (AvgIpc) is 3.27. The van der Waals surface area contributed by atoms with E-state index in [1.807, 2.05) is 18.2 Å². The van der Waals surface area contributed by atoms with E-state index in [9.17, 15) is 4.79 Å². The van der Waals surface area contributed by atoms with Crippen molar-refractivity contribution in [3.05, 3.63) is 55.7 Å². The first-order valence-electron chi connectivity index (χ1n) is 9.19. The molecule has 4 rings (SSSR count). The zero-order valence-corrected chi connectivity index (χ0v) is 18.1. The predicted molar refractivity (Wildman–Crippen MR) is 111 cm³/mol. The molecule has 0 amide bonds. The van der Waals surface area contributed by atoms with Gasteiger partial charge in [0.15, 0.2) is 5.78 Å². The molecule has 2 aromatic rings. The highest BCUT2D eigenvalue weighted by atomic mass is 79.9. The number of Topliss-reactive ketones (excluding diaryl/α,β-unsaturated/α-hetero) is 1. The number of halogens is 3. The van der Waals surface area contributed by atoms with Crippen molar-refractivity contribution >= 4 is 44.9 Å². The Morgan fingerprint density at radius 3 is 2.67 bits per heavy atom. The minimum atomic E-state index is -0.377. The highest BCUT2D eigenvalue weighted by molar-refractivity contribution is 9.10. The van der Waals surface area contributed by atoms with Crippen LogP contribution in [0.25, 0.3) is 0 Å². The van der Waals surface area contributed by atoms with Crippen LogP contribution in [0.1, 0.15) is 54.2 Å². The highest BCUT2D eigenvalue weighted by Crippen LogP contribution is 2.52. The summed E-state index contributed by atoms with van der Waals surface area (Å²) >= 11 is 16.3. The first-order chi connectivity index (χ1) is 12.9. The number of hydrogen-bond donors (Lipinski definition) is 0. The zero-order valence-electron chi connectivity index (χ0n) is 15.0. The lowest BCUT2D eigenvalue weighted by Gasteiger charge is -2.29. The number of rotatable bonds is 4. The van der Waals surface area contributed by atoms with Crippen LogP contribution in [0.4, 0.5) is 0 Å². The van der Waals surface area contributed by atoms with Gasteiger partial charge in [0.25, 0.3) is 0 Å². The van der Waals surface area contributed by atoms with Gasteiger partial charge in [0.05, 0.1) is 10.7 Å². The Kier molecular flexibility index (Phi) is 5.26. The van der Waals surface area contributed by atoms with E-state index in [-0.39, 0.29) is 17.8 Å². The number of ether oxygens (including phenoxy) is 1. The van der Waals surface area contributed by atoms with Crippen LogP contribution < -0.4 is 4.74 Å². The molecule has 1 aromatic heterocycles. The Bertz CT molecular complexity index is 894. The summed E-state index contributed by atoms with van der Waals surface area (Å²) in [7, 11) is 0. The van der Waals surface area contributed by atoms with Gasteiger partial charge < -0.3 is 4.74 Å². The molecule has 0 aliphatic heterocycles. The SMILES string of the molecule is CC1(C2CCCC2)Cc2cc(OCc3ccc(Br)cn3)c(Cl)c(Cl)c2C1=O. The molecule has 27 heavy (non-hydrogen) atoms. The lowest BCUT2D eigenvalue weighted by molar-refractivity contribution is 0.0744. The molecule has 2 aliphatic rings. The van der Waals surface area contributed by atoms with Crippen LogP contribution >= 0.6 is 39.1 Å². The molecule has 0 saturated heterocycles. The van der Waals surface area contributed by atoms with Crippen molar-refractivity contribution in [2.24, 2.45) is 11.3 Å². The molecule has 142 valence electrons. The topological polar surface area (TPSA) is 39.2 Å². The number of benzene rings is 1. The molecular formula is C21H20BrCl2NO2. The van der Waals surface area contributed by atoms with Crippen molar-refractivity contribution in [3.8, 4) is 5.75 Å². The Balaban J connectivity index is 1.61. The molecule has 0 spiro atoms. The van der Waals surface area contributed by atoms with Crippen molar-refractivity contribution < 1.29 is 9.53 Å². The summed E-state index contributed by atoms with van der Waals surface area (Å²) < 4.78 is 6.80. The molecular weight excluding hydrogens is 449 g/mol. The van der Waals surface area contributed by atoms with E-state index < -0.39 is 0 Å². The molecule has 0 N–H and O–H groups in total. The Morgan fingerprint density at radius 2 is 2.00 bits per heavy atom. The summed E-state index contributed by atoms with van der Waals surface area (Å²) in [4.78, 5) is 17.5. The van der Waals surface area contributed by atoms with Gasteiger partial charge in [-0.15, -0.1) is 0 Å². The van der Waals surface area contributed by atoms with Crippen molar-refractivity contribution in [2.45, 2.75) is 45.6 Å². The van der Waals surface area contributed by atoms with Gasteiger partial charge in [0, 0.05) is 21.6 Å². The second-order valence-electron chi connectivity index (χ2n) is 7.70. The van der Waals surface area contributed by atoms with E-state index in [0.717, 1.165) is 28.6 Å². The standard InChI is InChI=1S/C21H20BrCl2NO2/c1-21(13-4-2-3-5-13)9-12-8-16(18(23)19(24)17(12)20(21)26)27-11-15-7-6-14(22)10-25-15/h6-8,10,13H,2-5,9,11H2,1H3. The molecule has 6 heteroatoms. The van der Waals surface area contributed by atoms with Crippen LogP contribution in [0, 0.1) is 11.3 Å². The normalized spacial score (nSPS) is 22.3. The van der Waals surface area contributed by atoms with Gasteiger partial charge in [-0.3, -0.25) is 9.78 Å². The lowest BCUT2D eigenvalue weighted by Crippen LogP contribution is -2.32. The van der Waals surface area contributed by atoms with Crippen LogP contribution in [0.2, 0.25) is 10.0 Å². The fourth-order valence-electron chi connectivity index (χ4n) is 4.44. The number of ketones is 1. The summed E-state index contributed by atoms with van der Waals surface area (Å²) in [6.45, 7) is 2.37. The molecule has 0 bridgehead atoms. The fraction of sp³-hybridized carbons (Fsp3) is 0.429. The largest absolute Gasteiger partial charge is 0.486 e. The minimum Gasteiger partial charge on any atom is -0.486 e. The zero-order chi connectivity index (χ0) is 19.2. The molecule has 1 heterocycles. The first kappa shape index (κ1) is 19.2. The van der Waals surface area contributed by atoms with Gasteiger partial charge in [0.2, 0.25) is 0 Å². The number of aromatic nitrogens is 1. The van der Waals surface area contributed by atoms with E-state index in [2.05, 4.69) is 27.8 Å². The summed E-state index contributed by atoms with van der Waals surface area (Å²) in [5.41, 5.74) is 1.95. The van der Waals surface area contributed by atoms with Gasteiger partial charge >= 0.3 is 0 Å². The van der Waals surface area contributed by atoms with Gasteiger partial charge in [-0.25, -0.2) is 0 Å². The van der Waals surface area contributed by atoms with Crippen LogP contribution in [0.15, 0.2) is 28.9 Å². The third kappa shape index (κ3) is 3.41. The minimum absolute atomic E-state index is 0.137. The summed E-state index contributed by atoms with van der Waals surface area (Å²) in [6.07, 6.45) is 7.05. The molecule has 2 aliphatic carbocycles. The van der Waals surface area contributed by atoms with E-state index in [0.29, 0.717) is 33.7 Å². The van der Waals surface area contributed by atoms with Crippen LogP contribution in [-0.4, -0.2) is 10.8 Å². The average molecular weight is 469 g/mol. The second kappa shape index (κ2) is 7.38. The van der Waals surface area contributed by atoms with Crippen molar-refractivity contribution in [3.63, 3.8) is 0 Å². The van der Waals surface area contributed by atoms with E-state index in [1.54, 1.807) is 6.20 Å². The van der Waals surface area contributed by atoms with E-state index in [1.165, 1.54) is 12.8 Å². The Hall–Kier alpha value is -1.10. The predicted octanol–water partition coefficient (Wildman–Crippen LogP) is 6.67. The molecule has 1 saturated carbocycles. The maximum absolute atomic E-state index is 13.2. The van der Waals surface area contributed by atoms with Gasteiger partial charge in [0.1, 0.15) is 17.4 Å². The fourth-order valence-corrected chi connectivity index (χ4v) is 5.18. The highest BCUT2D eigenvalue weighted by Gasteiger charge is 2.49. The molecule has 0 radical (unpaired) electrons. The van der Waals surface area contributed by atoms with Crippen LogP contribution in [0.3, 0.4) is 0 Å². The lowest BCUT2D eigenvalue weighted by atomic mass is 9.73. The number of nitrogens with zero attached hydrogens (tertiary/aromatic N) is 1. The van der Waals surface area contributed by atoms with Crippen molar-refractivity contribution in [2.75, 3.05) is 0 Å². The maximum Gasteiger partial charge on any atom is 0.171 e. The molecule has 1 atom stereocenters. The third-order valence-electron chi connectivity index (χ3n) is 5.98. The third-order valence-corrected chi connectivity index (χ3v) is 7.30. The number of carbonyl (C=O) groups excluding carboxylic acids is 1. The molecule has 1 fully saturated rings. The van der Waals surface area contributed by atoms with Crippen molar-refractivity contribution in [1.29, 1.82) is 0 Å². The smallest absolute Gasteiger partial charge is 0.171 e. The summed E-state index contributed by atoms with van der Waals surface area (Å²) in [5.74, 6) is 1.06. The number of carbonyl (C=O) groups is 1. The van der Waals surface area contributed by atoms with Crippen LogP contribution in [-0.2, 0) is 13.0 Å². The maximum atomic E-state index is 13.2. The number of hydrogen-bond acceptors (Lipinski definition) is 3. The summed E-state index contributed by atoms with van der Waals surface area (Å²) in [5, 5.41) is 0.621. The van der Waals surface area contributed by atoms with Gasteiger partial charge in [-0.1, -0.05) is 43.0 Å². The van der Waals surface area contributed by atoms with Gasteiger partial charge in [-0.05, 0) is 64.9 Å². The van der Waals surface area contributed by atoms with Gasteiger partial charge in [-0.2, -0.15) is 0 Å². The number of pyridine rings is 1. The van der Waals surface area contributed by atoms with E-state index >= 15 is 0 Å². The quantitative estimate of drug-likeness (QED) is 0.503. The summed E-state index contributed by atoms with van der Waals surface area (Å²) in [6, 6.07) is 5.68.